The van der Waals surface area contributed by atoms with Gasteiger partial charge in [-0.15, -0.1) is 0 Å². The minimum absolute atomic E-state index is 0.0816. The number of nitrogens with one attached hydrogen (secondary N) is 1. The Hall–Kier alpha value is -3.51. The third-order valence-corrected chi connectivity index (χ3v) is 5.74. The van der Waals surface area contributed by atoms with E-state index in [1.165, 1.54) is 6.07 Å². The van der Waals surface area contributed by atoms with Crippen molar-refractivity contribution >= 4 is 40.1 Å². The lowest BCUT2D eigenvalue weighted by molar-refractivity contribution is 0.0691. The first-order chi connectivity index (χ1) is 15.3. The Kier molecular flexibility index (Phi) is 5.80. The maximum atomic E-state index is 13.3. The summed E-state index contributed by atoms with van der Waals surface area (Å²) in [7, 11) is 0. The average molecular weight is 455 g/mol. The lowest BCUT2D eigenvalue weighted by atomic mass is 10.0. The van der Waals surface area contributed by atoms with Crippen LogP contribution in [0.4, 0.5) is 15.9 Å². The summed E-state index contributed by atoms with van der Waals surface area (Å²) >= 11 is 5.85. The van der Waals surface area contributed by atoms with Crippen LogP contribution in [0.15, 0.2) is 24.3 Å². The summed E-state index contributed by atoms with van der Waals surface area (Å²) in [5.41, 5.74) is 3.05. The van der Waals surface area contributed by atoms with Gasteiger partial charge in [0.05, 0.1) is 28.8 Å². The van der Waals surface area contributed by atoms with Gasteiger partial charge in [-0.05, 0) is 44.0 Å². The SMILES string of the molecule is Cc1cc([C@@H](C)Nc2ccc(Cl)nc2C(=O)O)c2nc(N3CCC3CF)c(C#N)nc2c1. The maximum absolute atomic E-state index is 13.3. The second kappa shape index (κ2) is 8.55. The summed E-state index contributed by atoms with van der Waals surface area (Å²) in [6.45, 7) is 3.85. The van der Waals surface area contributed by atoms with Gasteiger partial charge in [-0.1, -0.05) is 17.7 Å². The predicted molar refractivity (Wildman–Crippen MR) is 119 cm³/mol. The molecular formula is C22H20ClFN6O2. The molecule has 10 heteroatoms. The predicted octanol–water partition coefficient (Wildman–Crippen LogP) is 4.28. The van der Waals surface area contributed by atoms with E-state index in [-0.39, 0.29) is 28.6 Å². The second-order valence-electron chi connectivity index (χ2n) is 7.72. The number of aryl methyl sites for hydroxylation is 1. The van der Waals surface area contributed by atoms with Gasteiger partial charge < -0.3 is 15.3 Å². The first-order valence-corrected chi connectivity index (χ1v) is 10.4. The van der Waals surface area contributed by atoms with Crippen molar-refractivity contribution < 1.29 is 14.3 Å². The third kappa shape index (κ3) is 3.89. The van der Waals surface area contributed by atoms with Gasteiger partial charge in [0, 0.05) is 12.1 Å². The molecule has 3 aromatic rings. The molecule has 2 aromatic heterocycles. The van der Waals surface area contributed by atoms with Crippen molar-refractivity contribution in [1.29, 1.82) is 5.26 Å². The molecule has 164 valence electrons. The van der Waals surface area contributed by atoms with E-state index in [0.29, 0.717) is 35.5 Å². The normalized spacial score (nSPS) is 16.3. The highest BCUT2D eigenvalue weighted by Gasteiger charge is 2.32. The molecule has 0 saturated carbocycles. The Labute approximate surface area is 188 Å². The zero-order valence-corrected chi connectivity index (χ0v) is 18.2. The van der Waals surface area contributed by atoms with E-state index in [1.807, 2.05) is 26.0 Å². The monoisotopic (exact) mass is 454 g/mol. The molecule has 0 amide bonds. The van der Waals surface area contributed by atoms with E-state index in [1.54, 1.807) is 11.0 Å². The van der Waals surface area contributed by atoms with Crippen molar-refractivity contribution in [3.8, 4) is 6.07 Å². The molecule has 2 atom stereocenters. The number of carbonyl (C=O) groups is 1. The largest absolute Gasteiger partial charge is 0.476 e. The van der Waals surface area contributed by atoms with Gasteiger partial charge in [0.15, 0.2) is 17.2 Å². The van der Waals surface area contributed by atoms with Crippen molar-refractivity contribution in [1.82, 2.24) is 15.0 Å². The summed E-state index contributed by atoms with van der Waals surface area (Å²) in [6.07, 6.45) is 0.696. The Morgan fingerprint density at radius 1 is 1.41 bits per heavy atom. The fourth-order valence-electron chi connectivity index (χ4n) is 3.83. The van der Waals surface area contributed by atoms with E-state index in [0.717, 1.165) is 11.1 Å². The average Bonchev–Trinajstić information content (AvgIpc) is 2.73. The van der Waals surface area contributed by atoms with Crippen molar-refractivity contribution in [3.63, 3.8) is 0 Å². The van der Waals surface area contributed by atoms with E-state index < -0.39 is 12.6 Å². The number of nitrogens with zero attached hydrogens (tertiary/aromatic N) is 5. The molecule has 2 N–H and O–H groups in total. The van der Waals surface area contributed by atoms with Gasteiger partial charge in [0.25, 0.3) is 0 Å². The smallest absolute Gasteiger partial charge is 0.356 e. The molecule has 1 fully saturated rings. The first-order valence-electron chi connectivity index (χ1n) is 10.0. The third-order valence-electron chi connectivity index (χ3n) is 5.53. The Morgan fingerprint density at radius 3 is 2.81 bits per heavy atom. The molecule has 3 heterocycles. The van der Waals surface area contributed by atoms with Gasteiger partial charge in [0.2, 0.25) is 0 Å². The number of pyridine rings is 1. The minimum Gasteiger partial charge on any atom is -0.476 e. The first kappa shape index (κ1) is 21.7. The molecule has 32 heavy (non-hydrogen) atoms. The zero-order chi connectivity index (χ0) is 23.0. The Bertz CT molecular complexity index is 1260. The summed E-state index contributed by atoms with van der Waals surface area (Å²) in [4.78, 5) is 26.5. The number of hydrogen-bond donors (Lipinski definition) is 2. The number of nitriles is 1. The van der Waals surface area contributed by atoms with Crippen LogP contribution in [0.3, 0.4) is 0 Å². The van der Waals surface area contributed by atoms with Gasteiger partial charge in [-0.2, -0.15) is 5.26 Å². The van der Waals surface area contributed by atoms with E-state index >= 15 is 0 Å². The van der Waals surface area contributed by atoms with Crippen molar-refractivity contribution in [2.24, 2.45) is 0 Å². The highest BCUT2D eigenvalue weighted by atomic mass is 35.5. The quantitative estimate of drug-likeness (QED) is 0.530. The molecule has 1 saturated heterocycles. The van der Waals surface area contributed by atoms with Crippen molar-refractivity contribution in [2.45, 2.75) is 32.4 Å². The topological polar surface area (TPSA) is 115 Å². The van der Waals surface area contributed by atoms with Crippen LogP contribution in [0, 0.1) is 18.3 Å². The molecule has 4 rings (SSSR count). The van der Waals surface area contributed by atoms with Crippen molar-refractivity contribution in [3.05, 3.63) is 51.9 Å². The number of fused-ring (bicyclic) bond motifs is 1. The number of alkyl halides is 1. The van der Waals surface area contributed by atoms with E-state index in [2.05, 4.69) is 21.4 Å². The molecule has 0 radical (unpaired) electrons. The summed E-state index contributed by atoms with van der Waals surface area (Å²) in [6, 6.07) is 8.22. The second-order valence-corrected chi connectivity index (χ2v) is 8.11. The lowest BCUT2D eigenvalue weighted by Crippen LogP contribution is -2.50. The molecule has 0 aliphatic carbocycles. The van der Waals surface area contributed by atoms with Crippen LogP contribution in [-0.4, -0.2) is 45.3 Å². The number of carboxylic acids is 1. The van der Waals surface area contributed by atoms with Crippen LogP contribution >= 0.6 is 11.6 Å². The zero-order valence-electron chi connectivity index (χ0n) is 17.4. The van der Waals surface area contributed by atoms with Crippen LogP contribution in [0.1, 0.15) is 46.7 Å². The van der Waals surface area contributed by atoms with Crippen LogP contribution in [0.2, 0.25) is 5.15 Å². The van der Waals surface area contributed by atoms with Gasteiger partial charge in [-0.3, -0.25) is 0 Å². The number of halogens is 2. The Morgan fingerprint density at radius 2 is 2.19 bits per heavy atom. The Balaban J connectivity index is 1.80. The highest BCUT2D eigenvalue weighted by Crippen LogP contribution is 2.33. The summed E-state index contributed by atoms with van der Waals surface area (Å²) in [5.74, 6) is -0.835. The fraction of sp³-hybridized carbons (Fsp3) is 0.318. The number of benzene rings is 1. The van der Waals surface area contributed by atoms with Gasteiger partial charge in [-0.25, -0.2) is 24.1 Å². The molecule has 0 spiro atoms. The number of aromatic carboxylic acids is 1. The van der Waals surface area contributed by atoms with Gasteiger partial charge in [0.1, 0.15) is 17.9 Å². The van der Waals surface area contributed by atoms with Gasteiger partial charge >= 0.3 is 5.97 Å². The molecule has 1 aliphatic rings. The standard InChI is InChI=1S/C22H20ClFN6O2/c1-11-7-14(12(2)26-15-3-4-18(23)28-20(15)22(31)32)19-16(8-11)27-17(10-25)21(29-19)30-6-5-13(30)9-24/h3-4,7-8,12-13,26H,5-6,9H2,1-2H3,(H,31,32)/t12-,13?/m1/s1. The molecule has 1 aliphatic heterocycles. The lowest BCUT2D eigenvalue weighted by Gasteiger charge is -2.40. The van der Waals surface area contributed by atoms with Crippen LogP contribution in [-0.2, 0) is 0 Å². The maximum Gasteiger partial charge on any atom is 0.356 e. The summed E-state index contributed by atoms with van der Waals surface area (Å²) in [5, 5.41) is 22.3. The van der Waals surface area contributed by atoms with E-state index in [4.69, 9.17) is 16.6 Å². The number of hydrogen-bond acceptors (Lipinski definition) is 7. The molecule has 8 nitrogen and oxygen atoms in total. The highest BCUT2D eigenvalue weighted by molar-refractivity contribution is 6.29. The molecule has 1 unspecified atom stereocenters. The number of rotatable bonds is 6. The minimum atomic E-state index is -1.20. The van der Waals surface area contributed by atoms with Crippen LogP contribution in [0.5, 0.6) is 0 Å². The number of anilines is 2. The summed E-state index contributed by atoms with van der Waals surface area (Å²) < 4.78 is 13.3. The van der Waals surface area contributed by atoms with Crippen molar-refractivity contribution in [2.75, 3.05) is 23.4 Å². The van der Waals surface area contributed by atoms with Crippen LogP contribution in [0.25, 0.3) is 11.0 Å². The van der Waals surface area contributed by atoms with E-state index in [9.17, 15) is 19.6 Å². The van der Waals surface area contributed by atoms with Crippen LogP contribution < -0.4 is 10.2 Å². The number of carboxylic acid groups (broad SMARTS) is 1. The molecular weight excluding hydrogens is 435 g/mol. The fourth-order valence-corrected chi connectivity index (χ4v) is 3.98. The molecule has 0 bridgehead atoms. The number of aromatic nitrogens is 3. The molecule has 1 aromatic carbocycles.